The zero-order valence-electron chi connectivity index (χ0n) is 13.6. The smallest absolute Gasteiger partial charge is 0.243 e. The quantitative estimate of drug-likeness (QED) is 0.696. The topological polar surface area (TPSA) is 79.0 Å². The third kappa shape index (κ3) is 5.52. The van der Waals surface area contributed by atoms with Gasteiger partial charge in [-0.15, -0.1) is 0 Å². The van der Waals surface area contributed by atoms with Crippen molar-refractivity contribution in [2.45, 2.75) is 4.90 Å². The largest absolute Gasteiger partial charge is 0.379 e. The van der Waals surface area contributed by atoms with Crippen molar-refractivity contribution in [3.63, 3.8) is 0 Å². The number of amides is 1. The molecule has 134 valence electrons. The molecule has 0 aliphatic carbocycles. The minimum atomic E-state index is -3.67. The molecular weight excluding hydrogens is 398 g/mol. The van der Waals surface area contributed by atoms with Crippen LogP contribution in [0.5, 0.6) is 0 Å². The standard InChI is InChI=1S/C15H22BrN3O4S/c1-18(24(21,22)14-4-2-13(16)3-5-14)12-15(20)17-6-7-19-8-10-23-11-9-19/h2-5H,6-12H2,1H3,(H,17,20). The molecule has 1 aliphatic rings. The Bertz CT molecular complexity index is 645. The lowest BCUT2D eigenvalue weighted by Gasteiger charge is -2.26. The summed E-state index contributed by atoms with van der Waals surface area (Å²) in [7, 11) is -2.27. The molecule has 0 radical (unpaired) electrons. The molecule has 1 heterocycles. The van der Waals surface area contributed by atoms with Crippen LogP contribution in [-0.2, 0) is 19.6 Å². The van der Waals surface area contributed by atoms with E-state index < -0.39 is 10.0 Å². The van der Waals surface area contributed by atoms with E-state index in [0.29, 0.717) is 19.8 Å². The fourth-order valence-electron chi connectivity index (χ4n) is 2.31. The van der Waals surface area contributed by atoms with Gasteiger partial charge in [0.05, 0.1) is 24.7 Å². The second kappa shape index (κ2) is 8.91. The van der Waals surface area contributed by atoms with Gasteiger partial charge in [-0.2, -0.15) is 4.31 Å². The summed E-state index contributed by atoms with van der Waals surface area (Å²) in [5.74, 6) is -0.313. The third-order valence-electron chi connectivity index (χ3n) is 3.74. The van der Waals surface area contributed by atoms with Crippen LogP contribution in [0.25, 0.3) is 0 Å². The number of nitrogens with zero attached hydrogens (tertiary/aromatic N) is 2. The zero-order chi connectivity index (χ0) is 17.6. The first-order valence-corrected chi connectivity index (χ1v) is 9.91. The lowest BCUT2D eigenvalue weighted by Crippen LogP contribution is -2.43. The summed E-state index contributed by atoms with van der Waals surface area (Å²) >= 11 is 3.27. The number of rotatable bonds is 7. The number of ether oxygens (including phenoxy) is 1. The average Bonchev–Trinajstić information content (AvgIpc) is 2.56. The van der Waals surface area contributed by atoms with E-state index in [0.717, 1.165) is 28.4 Å². The Balaban J connectivity index is 1.80. The highest BCUT2D eigenvalue weighted by molar-refractivity contribution is 9.10. The Hall–Kier alpha value is -1.00. The van der Waals surface area contributed by atoms with Crippen LogP contribution in [0.1, 0.15) is 0 Å². The van der Waals surface area contributed by atoms with Gasteiger partial charge in [-0.05, 0) is 24.3 Å². The Morgan fingerprint density at radius 1 is 1.29 bits per heavy atom. The van der Waals surface area contributed by atoms with Crippen LogP contribution in [0.4, 0.5) is 0 Å². The van der Waals surface area contributed by atoms with E-state index in [1.54, 1.807) is 12.1 Å². The summed E-state index contributed by atoms with van der Waals surface area (Å²) in [6.07, 6.45) is 0. The minimum Gasteiger partial charge on any atom is -0.379 e. The van der Waals surface area contributed by atoms with Crippen LogP contribution in [0.3, 0.4) is 0 Å². The molecule has 24 heavy (non-hydrogen) atoms. The Kier molecular flexibility index (Phi) is 7.17. The van der Waals surface area contributed by atoms with E-state index in [1.807, 2.05) is 0 Å². The molecule has 1 fully saturated rings. The maximum absolute atomic E-state index is 12.4. The summed E-state index contributed by atoms with van der Waals surface area (Å²) < 4.78 is 31.9. The van der Waals surface area contributed by atoms with Gasteiger partial charge in [0, 0.05) is 37.7 Å². The second-order valence-electron chi connectivity index (χ2n) is 5.52. The van der Waals surface area contributed by atoms with Crippen molar-refractivity contribution in [1.82, 2.24) is 14.5 Å². The number of halogens is 1. The van der Waals surface area contributed by atoms with Crippen molar-refractivity contribution >= 4 is 31.9 Å². The number of hydrogen-bond acceptors (Lipinski definition) is 5. The zero-order valence-corrected chi connectivity index (χ0v) is 16.0. The summed E-state index contributed by atoms with van der Waals surface area (Å²) in [6, 6.07) is 6.32. The first-order chi connectivity index (χ1) is 11.4. The molecule has 9 heteroatoms. The normalized spacial score (nSPS) is 16.3. The first kappa shape index (κ1) is 19.3. The van der Waals surface area contributed by atoms with Crippen LogP contribution < -0.4 is 5.32 Å². The monoisotopic (exact) mass is 419 g/mol. The lowest BCUT2D eigenvalue weighted by atomic mass is 10.4. The minimum absolute atomic E-state index is 0.161. The maximum Gasteiger partial charge on any atom is 0.243 e. The molecule has 0 saturated carbocycles. The number of sulfonamides is 1. The van der Waals surface area contributed by atoms with Gasteiger partial charge in [0.1, 0.15) is 0 Å². The van der Waals surface area contributed by atoms with E-state index in [-0.39, 0.29) is 17.3 Å². The highest BCUT2D eigenvalue weighted by Crippen LogP contribution is 2.17. The van der Waals surface area contributed by atoms with Crippen LogP contribution in [0.15, 0.2) is 33.6 Å². The molecule has 1 aliphatic heterocycles. The number of carbonyl (C=O) groups excluding carboxylic acids is 1. The summed E-state index contributed by atoms with van der Waals surface area (Å²) in [6.45, 7) is 4.15. The average molecular weight is 420 g/mol. The summed E-state index contributed by atoms with van der Waals surface area (Å²) in [5.41, 5.74) is 0. The summed E-state index contributed by atoms with van der Waals surface area (Å²) in [5, 5.41) is 2.76. The second-order valence-corrected chi connectivity index (χ2v) is 8.48. The van der Waals surface area contributed by atoms with Crippen LogP contribution >= 0.6 is 15.9 Å². The van der Waals surface area contributed by atoms with Gasteiger partial charge in [-0.1, -0.05) is 15.9 Å². The van der Waals surface area contributed by atoms with Crippen LogP contribution in [0, 0.1) is 0 Å². The highest BCUT2D eigenvalue weighted by Gasteiger charge is 2.22. The fourth-order valence-corrected chi connectivity index (χ4v) is 3.70. The van der Waals surface area contributed by atoms with Gasteiger partial charge >= 0.3 is 0 Å². The highest BCUT2D eigenvalue weighted by atomic mass is 79.9. The van der Waals surface area contributed by atoms with E-state index in [4.69, 9.17) is 4.74 Å². The Morgan fingerprint density at radius 2 is 1.92 bits per heavy atom. The Morgan fingerprint density at radius 3 is 2.54 bits per heavy atom. The van der Waals surface area contributed by atoms with Crippen molar-refractivity contribution in [2.24, 2.45) is 0 Å². The molecule has 0 bridgehead atoms. The fraction of sp³-hybridized carbons (Fsp3) is 0.533. The predicted octanol–water partition coefficient (Wildman–Crippen LogP) is 0.518. The first-order valence-electron chi connectivity index (χ1n) is 7.68. The molecule has 7 nitrogen and oxygen atoms in total. The molecule has 1 aromatic rings. The molecule has 0 unspecified atom stereocenters. The predicted molar refractivity (Wildman–Crippen MR) is 94.2 cm³/mol. The van der Waals surface area contributed by atoms with Gasteiger partial charge in [0.15, 0.2) is 0 Å². The van der Waals surface area contributed by atoms with E-state index >= 15 is 0 Å². The van der Waals surface area contributed by atoms with Crippen molar-refractivity contribution in [3.05, 3.63) is 28.7 Å². The molecular formula is C15H22BrN3O4S. The molecule has 1 saturated heterocycles. The van der Waals surface area contributed by atoms with E-state index in [1.165, 1.54) is 19.2 Å². The number of benzene rings is 1. The third-order valence-corrected chi connectivity index (χ3v) is 6.09. The molecule has 1 amide bonds. The van der Waals surface area contributed by atoms with Gasteiger partial charge in [-0.3, -0.25) is 9.69 Å². The molecule has 1 aromatic carbocycles. The molecule has 0 atom stereocenters. The van der Waals surface area contributed by atoms with Gasteiger partial charge in [-0.25, -0.2) is 8.42 Å². The maximum atomic E-state index is 12.4. The SMILES string of the molecule is CN(CC(=O)NCCN1CCOCC1)S(=O)(=O)c1ccc(Br)cc1. The lowest BCUT2D eigenvalue weighted by molar-refractivity contribution is -0.121. The van der Waals surface area contributed by atoms with Crippen LogP contribution in [0.2, 0.25) is 0 Å². The van der Waals surface area contributed by atoms with Crippen molar-refractivity contribution < 1.29 is 17.9 Å². The molecule has 0 spiro atoms. The van der Waals surface area contributed by atoms with Gasteiger partial charge in [0.2, 0.25) is 15.9 Å². The van der Waals surface area contributed by atoms with Crippen molar-refractivity contribution in [3.8, 4) is 0 Å². The van der Waals surface area contributed by atoms with E-state index in [2.05, 4.69) is 26.1 Å². The molecule has 0 aromatic heterocycles. The number of likely N-dealkylation sites (N-methyl/N-ethyl adjacent to an activating group) is 1. The van der Waals surface area contributed by atoms with Gasteiger partial charge < -0.3 is 10.1 Å². The Labute approximate surface area is 151 Å². The number of nitrogens with one attached hydrogen (secondary N) is 1. The molecule has 1 N–H and O–H groups in total. The van der Waals surface area contributed by atoms with Crippen molar-refractivity contribution in [1.29, 1.82) is 0 Å². The van der Waals surface area contributed by atoms with Gasteiger partial charge in [0.25, 0.3) is 0 Å². The molecule has 2 rings (SSSR count). The van der Waals surface area contributed by atoms with E-state index in [9.17, 15) is 13.2 Å². The van der Waals surface area contributed by atoms with Crippen molar-refractivity contribution in [2.75, 3.05) is 53.0 Å². The number of hydrogen-bond donors (Lipinski definition) is 1. The summed E-state index contributed by atoms with van der Waals surface area (Å²) in [4.78, 5) is 14.3. The number of carbonyl (C=O) groups is 1. The number of morpholine rings is 1. The van der Waals surface area contributed by atoms with Crippen LogP contribution in [-0.4, -0.2) is 76.5 Å².